The largest absolute Gasteiger partial charge is 0.416 e. The van der Waals surface area contributed by atoms with Gasteiger partial charge in [0.2, 0.25) is 11.8 Å². The van der Waals surface area contributed by atoms with E-state index in [0.29, 0.717) is 36.2 Å². The molecular weight excluding hydrogens is 765 g/mol. The van der Waals surface area contributed by atoms with E-state index in [1.54, 1.807) is 23.0 Å². The number of amides is 5. The van der Waals surface area contributed by atoms with Crippen LogP contribution in [-0.4, -0.2) is 101 Å². The lowest BCUT2D eigenvalue weighted by Crippen LogP contribution is -2.54. The van der Waals surface area contributed by atoms with Gasteiger partial charge in [0.25, 0.3) is 17.7 Å². The minimum Gasteiger partial charge on any atom is -0.371 e. The quantitative estimate of drug-likeness (QED) is 0.309. The maximum Gasteiger partial charge on any atom is 0.416 e. The number of nitrogens with one attached hydrogen (secondary N) is 2. The Bertz CT molecular complexity index is 2150. The van der Waals surface area contributed by atoms with E-state index in [1.165, 1.54) is 6.07 Å². The van der Waals surface area contributed by atoms with Crippen LogP contribution in [0.25, 0.3) is 0 Å². The van der Waals surface area contributed by atoms with Gasteiger partial charge in [0.1, 0.15) is 11.6 Å². The number of piperidine rings is 2. The summed E-state index contributed by atoms with van der Waals surface area (Å²) in [6.45, 7) is 6.48. The SMILES string of the molecule is O=C1CCC(N2C(=O)c3ccc(N4CC5CN(CC6CCN(c7cnn(C8(C(=O)Nc9ccc(C(F)(F)F)cc9Cl)CCC8)c7)CC6)CC5C4)cc3C2=O)C(=O)N1. The van der Waals surface area contributed by atoms with E-state index in [1.807, 2.05) is 12.3 Å². The van der Waals surface area contributed by atoms with Crippen LogP contribution in [0, 0.1) is 17.8 Å². The second kappa shape index (κ2) is 14.1. The molecule has 4 saturated heterocycles. The van der Waals surface area contributed by atoms with Crippen molar-refractivity contribution in [1.29, 1.82) is 0 Å². The third-order valence-electron chi connectivity index (χ3n) is 13.0. The molecule has 1 aromatic heterocycles. The molecule has 1 aliphatic carbocycles. The fourth-order valence-corrected chi connectivity index (χ4v) is 9.89. The molecule has 9 rings (SSSR count). The molecule has 5 fully saturated rings. The summed E-state index contributed by atoms with van der Waals surface area (Å²) in [6, 6.07) is 7.26. The molecule has 1 saturated carbocycles. The molecule has 0 bridgehead atoms. The van der Waals surface area contributed by atoms with E-state index in [2.05, 4.69) is 30.4 Å². The van der Waals surface area contributed by atoms with Crippen molar-refractivity contribution in [3.8, 4) is 0 Å². The minimum atomic E-state index is -4.53. The van der Waals surface area contributed by atoms with Crippen LogP contribution in [0.15, 0.2) is 48.8 Å². The molecule has 3 aromatic rings. The van der Waals surface area contributed by atoms with Crippen molar-refractivity contribution in [2.45, 2.75) is 62.7 Å². The summed E-state index contributed by atoms with van der Waals surface area (Å²) in [5.74, 6) is -0.822. The van der Waals surface area contributed by atoms with E-state index in [0.717, 1.165) is 93.5 Å². The van der Waals surface area contributed by atoms with Crippen LogP contribution in [-0.2, 0) is 26.1 Å². The molecule has 0 spiro atoms. The van der Waals surface area contributed by atoms with Crippen LogP contribution in [0.2, 0.25) is 5.02 Å². The third kappa shape index (κ3) is 6.73. The van der Waals surface area contributed by atoms with Gasteiger partial charge in [0.05, 0.1) is 39.3 Å². The molecule has 3 atom stereocenters. The lowest BCUT2D eigenvalue weighted by molar-refractivity contribution is -0.138. The fraction of sp³-hybridized carbons (Fsp3) is 0.500. The molecule has 300 valence electrons. The van der Waals surface area contributed by atoms with Crippen LogP contribution in [0.4, 0.5) is 30.2 Å². The average molecular weight is 807 g/mol. The van der Waals surface area contributed by atoms with E-state index in [4.69, 9.17) is 11.6 Å². The molecule has 2 N–H and O–H groups in total. The van der Waals surface area contributed by atoms with E-state index in [9.17, 15) is 37.1 Å². The number of fused-ring (bicyclic) bond motifs is 2. The molecule has 6 aliphatic rings. The second-order valence-electron chi connectivity index (χ2n) is 16.4. The van der Waals surface area contributed by atoms with Crippen molar-refractivity contribution in [2.24, 2.45) is 17.8 Å². The summed E-state index contributed by atoms with van der Waals surface area (Å²) in [7, 11) is 0. The van der Waals surface area contributed by atoms with Gasteiger partial charge in [-0.05, 0) is 92.7 Å². The molecule has 3 unspecified atom stereocenters. The van der Waals surface area contributed by atoms with E-state index >= 15 is 0 Å². The smallest absolute Gasteiger partial charge is 0.371 e. The predicted octanol–water partition coefficient (Wildman–Crippen LogP) is 4.76. The van der Waals surface area contributed by atoms with Crippen LogP contribution < -0.4 is 20.4 Å². The molecule has 5 aliphatic heterocycles. The Labute approximate surface area is 331 Å². The van der Waals surface area contributed by atoms with Crippen LogP contribution in [0.3, 0.4) is 0 Å². The van der Waals surface area contributed by atoms with Crippen molar-refractivity contribution < 1.29 is 37.1 Å². The Morgan fingerprint density at radius 3 is 2.26 bits per heavy atom. The summed E-state index contributed by atoms with van der Waals surface area (Å²) in [4.78, 5) is 72.3. The first-order chi connectivity index (χ1) is 27.3. The van der Waals surface area contributed by atoms with Gasteiger partial charge in [-0.25, -0.2) is 0 Å². The Kier molecular flexibility index (Phi) is 9.34. The van der Waals surface area contributed by atoms with E-state index in [-0.39, 0.29) is 35.0 Å². The van der Waals surface area contributed by atoms with Crippen LogP contribution in [0.1, 0.15) is 71.2 Å². The third-order valence-corrected chi connectivity index (χ3v) is 13.3. The minimum absolute atomic E-state index is 0.0804. The van der Waals surface area contributed by atoms with Crippen molar-refractivity contribution in [1.82, 2.24) is 24.9 Å². The van der Waals surface area contributed by atoms with Crippen molar-refractivity contribution in [3.05, 3.63) is 70.5 Å². The molecule has 6 heterocycles. The number of hydrogen-bond acceptors (Lipinski definition) is 9. The topological polar surface area (TPSA) is 140 Å². The zero-order chi connectivity index (χ0) is 39.8. The standard InChI is InChI=1S/C40H42ClF3N8O5/c41-31-14-26(40(42,43)44)2-5-32(31)46-38(57)39(10-1-11-39)51-22-28(16-45-51)49-12-8-23(9-13-49)17-48-18-24-20-50(21-25(24)19-48)27-3-4-29-30(15-27)37(56)52(36(29)55)33-6-7-34(53)47-35(33)54/h2-5,14-16,22-25,33H,1,6-13,17-21H2,(H,46,57)(H,47,53,54). The van der Waals surface area contributed by atoms with Gasteiger partial charge in [-0.2, -0.15) is 18.3 Å². The first-order valence-corrected chi connectivity index (χ1v) is 20.0. The van der Waals surface area contributed by atoms with Gasteiger partial charge in [0, 0.05) is 64.1 Å². The number of nitrogens with zero attached hydrogens (tertiary/aromatic N) is 6. The summed E-state index contributed by atoms with van der Waals surface area (Å²) in [6.07, 6.45) is 3.38. The monoisotopic (exact) mass is 806 g/mol. The number of anilines is 3. The molecule has 2 aromatic carbocycles. The first-order valence-electron chi connectivity index (χ1n) is 19.6. The van der Waals surface area contributed by atoms with Crippen molar-refractivity contribution in [2.75, 3.05) is 60.9 Å². The summed E-state index contributed by atoms with van der Waals surface area (Å²) in [5.41, 5.74) is 0.746. The molecule has 0 radical (unpaired) electrons. The van der Waals surface area contributed by atoms with Gasteiger partial charge in [-0.1, -0.05) is 11.6 Å². The lowest BCUT2D eigenvalue weighted by atomic mass is 9.76. The fourth-order valence-electron chi connectivity index (χ4n) is 9.66. The number of carbonyl (C=O) groups excluding carboxylic acids is 5. The number of hydrogen-bond donors (Lipinski definition) is 2. The Morgan fingerprint density at radius 1 is 0.895 bits per heavy atom. The molecule has 5 amide bonds. The zero-order valence-electron chi connectivity index (χ0n) is 31.1. The predicted molar refractivity (Wildman–Crippen MR) is 203 cm³/mol. The maximum atomic E-state index is 13.5. The number of imide groups is 2. The Hall–Kier alpha value is -4.96. The highest BCUT2D eigenvalue weighted by Gasteiger charge is 2.48. The van der Waals surface area contributed by atoms with Crippen LogP contribution >= 0.6 is 11.6 Å². The molecular formula is C40H42ClF3N8O5. The first kappa shape index (κ1) is 37.6. The summed E-state index contributed by atoms with van der Waals surface area (Å²) in [5, 5.41) is 9.40. The summed E-state index contributed by atoms with van der Waals surface area (Å²) >= 11 is 6.13. The highest BCUT2D eigenvalue weighted by atomic mass is 35.5. The maximum absolute atomic E-state index is 13.5. The van der Waals surface area contributed by atoms with E-state index < -0.39 is 46.9 Å². The lowest BCUT2D eigenvalue weighted by Gasteiger charge is -2.40. The number of benzene rings is 2. The molecule has 17 heteroatoms. The highest BCUT2D eigenvalue weighted by Crippen LogP contribution is 2.42. The normalized spacial score (nSPS) is 25.1. The number of carbonyl (C=O) groups is 5. The summed E-state index contributed by atoms with van der Waals surface area (Å²) < 4.78 is 41.1. The highest BCUT2D eigenvalue weighted by molar-refractivity contribution is 6.33. The number of alkyl halides is 3. The van der Waals surface area contributed by atoms with Gasteiger partial charge < -0.3 is 20.0 Å². The van der Waals surface area contributed by atoms with Gasteiger partial charge >= 0.3 is 6.18 Å². The number of likely N-dealkylation sites (tertiary alicyclic amines) is 1. The van der Waals surface area contributed by atoms with Gasteiger partial charge in [-0.3, -0.25) is 38.9 Å². The van der Waals surface area contributed by atoms with Crippen molar-refractivity contribution >= 4 is 58.2 Å². The second-order valence-corrected chi connectivity index (χ2v) is 16.8. The zero-order valence-corrected chi connectivity index (χ0v) is 31.8. The number of rotatable bonds is 8. The molecule has 13 nitrogen and oxygen atoms in total. The Balaban J connectivity index is 0.760. The van der Waals surface area contributed by atoms with Crippen molar-refractivity contribution in [3.63, 3.8) is 0 Å². The van der Waals surface area contributed by atoms with Gasteiger partial charge in [-0.15, -0.1) is 0 Å². The molecule has 57 heavy (non-hydrogen) atoms. The average Bonchev–Trinajstić information content (AvgIpc) is 3.93. The van der Waals surface area contributed by atoms with Crippen LogP contribution in [0.5, 0.6) is 0 Å². The Morgan fingerprint density at radius 2 is 1.61 bits per heavy atom. The number of halogens is 4. The number of aromatic nitrogens is 2. The van der Waals surface area contributed by atoms with Gasteiger partial charge in [0.15, 0.2) is 0 Å².